The Balaban J connectivity index is 2.43. The lowest BCUT2D eigenvalue weighted by Gasteiger charge is -2.24. The van der Waals surface area contributed by atoms with Crippen LogP contribution >= 0.6 is 0 Å². The van der Waals surface area contributed by atoms with E-state index in [0.29, 0.717) is 36.8 Å². The van der Waals surface area contributed by atoms with Crippen LogP contribution in [0.5, 0.6) is 0 Å². The van der Waals surface area contributed by atoms with Gasteiger partial charge in [-0.15, -0.1) is 0 Å². The van der Waals surface area contributed by atoms with Gasteiger partial charge in [0, 0.05) is 11.1 Å². The number of hydrogen-bond acceptors (Lipinski definition) is 6. The van der Waals surface area contributed by atoms with Crippen LogP contribution in [0.15, 0.2) is 9.59 Å². The zero-order valence-electron chi connectivity index (χ0n) is 16.8. The first kappa shape index (κ1) is 20.9. The molecule has 2 N–H and O–H groups in total. The predicted molar refractivity (Wildman–Crippen MR) is 108 cm³/mol. The molecule has 8 nitrogen and oxygen atoms in total. The number of nitrogens with zero attached hydrogens (tertiary/aromatic N) is 2. The molecule has 2 heterocycles. The standard InChI is InChI=1S/C22H20N4O4/c1-3-5-11-13(7-9-23)21(29)25-17-15(11)19(27)16-12(6-4-2)14(8-10-24)22(30)26-18(16)20(17)28/h3-8H2,1-2H3,(H,25,29)(H,26,30). The molecule has 0 saturated heterocycles. The molecule has 1 aliphatic rings. The Labute approximate surface area is 172 Å². The lowest BCUT2D eigenvalue weighted by atomic mass is 9.80. The summed E-state index contributed by atoms with van der Waals surface area (Å²) in [7, 11) is 0. The van der Waals surface area contributed by atoms with Crippen molar-refractivity contribution >= 4 is 11.6 Å². The number of ketones is 2. The molecule has 2 aromatic heterocycles. The molecule has 1 aliphatic carbocycles. The number of hydrogen-bond donors (Lipinski definition) is 2. The van der Waals surface area contributed by atoms with Crippen LogP contribution in [-0.4, -0.2) is 21.5 Å². The highest BCUT2D eigenvalue weighted by molar-refractivity contribution is 6.28. The molecule has 0 unspecified atom stereocenters. The largest absolute Gasteiger partial charge is 0.318 e. The fourth-order valence-electron chi connectivity index (χ4n) is 4.06. The Bertz CT molecular complexity index is 1170. The van der Waals surface area contributed by atoms with Gasteiger partial charge in [0.25, 0.3) is 11.1 Å². The predicted octanol–water partition coefficient (Wildman–Crippen LogP) is 1.88. The van der Waals surface area contributed by atoms with Gasteiger partial charge in [-0.1, -0.05) is 26.7 Å². The van der Waals surface area contributed by atoms with Gasteiger partial charge in [0.15, 0.2) is 5.78 Å². The van der Waals surface area contributed by atoms with Gasteiger partial charge in [0.2, 0.25) is 5.78 Å². The van der Waals surface area contributed by atoms with E-state index in [4.69, 9.17) is 10.5 Å². The second-order valence-electron chi connectivity index (χ2n) is 7.15. The summed E-state index contributed by atoms with van der Waals surface area (Å²) in [5.74, 6) is -1.12. The van der Waals surface area contributed by atoms with E-state index in [1.54, 1.807) is 0 Å². The highest BCUT2D eigenvalue weighted by atomic mass is 16.2. The van der Waals surface area contributed by atoms with Crippen LogP contribution in [0, 0.1) is 22.7 Å². The number of H-pyrrole nitrogens is 2. The number of aromatic nitrogens is 2. The van der Waals surface area contributed by atoms with E-state index in [-0.39, 0.29) is 46.5 Å². The smallest absolute Gasteiger partial charge is 0.253 e. The number of carbonyl (C=O) groups is 2. The summed E-state index contributed by atoms with van der Waals surface area (Å²) < 4.78 is 0. The molecule has 152 valence electrons. The number of aromatic amines is 2. The molecule has 0 radical (unpaired) electrons. The molecular formula is C22H20N4O4. The number of rotatable bonds is 6. The van der Waals surface area contributed by atoms with Gasteiger partial charge in [-0.05, 0) is 24.0 Å². The number of carbonyl (C=O) groups excluding carboxylic acids is 2. The topological polar surface area (TPSA) is 147 Å². The molecule has 0 atom stereocenters. The highest BCUT2D eigenvalue weighted by Gasteiger charge is 2.37. The van der Waals surface area contributed by atoms with E-state index in [2.05, 4.69) is 9.97 Å². The van der Waals surface area contributed by atoms with E-state index in [1.807, 2.05) is 26.0 Å². The second-order valence-corrected chi connectivity index (χ2v) is 7.15. The van der Waals surface area contributed by atoms with E-state index in [0.717, 1.165) is 0 Å². The average Bonchev–Trinajstić information content (AvgIpc) is 2.71. The summed E-state index contributed by atoms with van der Waals surface area (Å²) in [4.78, 5) is 56.8. The normalized spacial score (nSPS) is 12.1. The molecule has 0 aliphatic heterocycles. The van der Waals surface area contributed by atoms with Gasteiger partial charge in [-0.25, -0.2) is 0 Å². The summed E-state index contributed by atoms with van der Waals surface area (Å²) in [6.45, 7) is 3.75. The van der Waals surface area contributed by atoms with Crippen LogP contribution in [0.25, 0.3) is 0 Å². The molecule has 2 aromatic rings. The molecular weight excluding hydrogens is 384 g/mol. The van der Waals surface area contributed by atoms with Crippen molar-refractivity contribution in [2.75, 3.05) is 0 Å². The maximum atomic E-state index is 13.6. The lowest BCUT2D eigenvalue weighted by molar-refractivity contribution is 0.0969. The average molecular weight is 404 g/mol. The van der Waals surface area contributed by atoms with Crippen molar-refractivity contribution in [3.63, 3.8) is 0 Å². The molecule has 0 saturated carbocycles. The van der Waals surface area contributed by atoms with Gasteiger partial charge in [0.1, 0.15) is 11.4 Å². The van der Waals surface area contributed by atoms with Gasteiger partial charge in [0.05, 0.1) is 36.1 Å². The third-order valence-electron chi connectivity index (χ3n) is 5.28. The summed E-state index contributed by atoms with van der Waals surface area (Å²) in [6, 6.07) is 3.88. The maximum absolute atomic E-state index is 13.6. The van der Waals surface area contributed by atoms with Crippen LogP contribution < -0.4 is 11.1 Å². The number of fused-ring (bicyclic) bond motifs is 2. The van der Waals surface area contributed by atoms with E-state index in [9.17, 15) is 19.2 Å². The van der Waals surface area contributed by atoms with Gasteiger partial charge in [-0.2, -0.15) is 10.5 Å². The molecule has 0 aromatic carbocycles. The Hall–Kier alpha value is -3.78. The summed E-state index contributed by atoms with van der Waals surface area (Å²) in [5, 5.41) is 18.3. The molecule has 30 heavy (non-hydrogen) atoms. The van der Waals surface area contributed by atoms with Crippen LogP contribution in [0.3, 0.4) is 0 Å². The molecule has 0 fully saturated rings. The monoisotopic (exact) mass is 404 g/mol. The van der Waals surface area contributed by atoms with E-state index < -0.39 is 22.7 Å². The van der Waals surface area contributed by atoms with Crippen molar-refractivity contribution in [2.45, 2.75) is 52.4 Å². The van der Waals surface area contributed by atoms with Crippen molar-refractivity contribution in [3.05, 3.63) is 65.5 Å². The Morgan fingerprint density at radius 2 is 1.07 bits per heavy atom. The van der Waals surface area contributed by atoms with Crippen molar-refractivity contribution < 1.29 is 9.59 Å². The minimum absolute atomic E-state index is 0.0894. The fourth-order valence-corrected chi connectivity index (χ4v) is 4.06. The molecule has 0 bridgehead atoms. The van der Waals surface area contributed by atoms with Crippen molar-refractivity contribution in [1.82, 2.24) is 9.97 Å². The van der Waals surface area contributed by atoms with Crippen molar-refractivity contribution in [3.8, 4) is 12.1 Å². The lowest BCUT2D eigenvalue weighted by Crippen LogP contribution is -2.35. The second kappa shape index (κ2) is 8.30. The molecule has 0 amide bonds. The Morgan fingerprint density at radius 1 is 0.667 bits per heavy atom. The fraction of sp³-hybridized carbons (Fsp3) is 0.364. The van der Waals surface area contributed by atoms with Gasteiger partial charge < -0.3 is 9.97 Å². The van der Waals surface area contributed by atoms with Crippen molar-refractivity contribution in [2.24, 2.45) is 0 Å². The molecule has 3 rings (SSSR count). The number of nitriles is 2. The van der Waals surface area contributed by atoms with Crippen LogP contribution in [0.4, 0.5) is 0 Å². The maximum Gasteiger partial charge on any atom is 0.253 e. The minimum atomic E-state index is -0.643. The van der Waals surface area contributed by atoms with Crippen LogP contribution in [-0.2, 0) is 25.7 Å². The summed E-state index contributed by atoms with van der Waals surface area (Å²) >= 11 is 0. The quantitative estimate of drug-likeness (QED) is 0.641. The van der Waals surface area contributed by atoms with Gasteiger partial charge in [-0.3, -0.25) is 19.2 Å². The number of pyridine rings is 2. The van der Waals surface area contributed by atoms with Crippen molar-refractivity contribution in [1.29, 1.82) is 10.5 Å². The van der Waals surface area contributed by atoms with Crippen LogP contribution in [0.1, 0.15) is 81.0 Å². The van der Waals surface area contributed by atoms with Gasteiger partial charge >= 0.3 is 0 Å². The zero-order valence-corrected chi connectivity index (χ0v) is 16.8. The molecule has 0 spiro atoms. The van der Waals surface area contributed by atoms with E-state index >= 15 is 0 Å². The minimum Gasteiger partial charge on any atom is -0.318 e. The third-order valence-corrected chi connectivity index (χ3v) is 5.28. The first-order valence-electron chi connectivity index (χ1n) is 9.80. The summed E-state index contributed by atoms with van der Waals surface area (Å²) in [5.41, 5.74) is -0.140. The Kier molecular flexibility index (Phi) is 5.79. The van der Waals surface area contributed by atoms with E-state index in [1.165, 1.54) is 0 Å². The first-order valence-corrected chi connectivity index (χ1v) is 9.80. The summed E-state index contributed by atoms with van der Waals surface area (Å²) in [6.07, 6.45) is 1.56. The van der Waals surface area contributed by atoms with Crippen LogP contribution in [0.2, 0.25) is 0 Å². The first-order chi connectivity index (χ1) is 14.4. The zero-order chi connectivity index (χ0) is 22.0. The number of nitrogens with one attached hydrogen (secondary N) is 2. The highest BCUT2D eigenvalue weighted by Crippen LogP contribution is 2.31. The SMILES string of the molecule is CCCc1c2c([nH]c(=O)c1CC#N)C(=O)c1[nH]c(=O)c(CC#N)c(CCC)c1C2=O. The Morgan fingerprint density at radius 3 is 1.40 bits per heavy atom. The molecule has 8 heteroatoms. The third kappa shape index (κ3) is 3.17.